The van der Waals surface area contributed by atoms with Gasteiger partial charge in [0.25, 0.3) is 5.91 Å². The Bertz CT molecular complexity index is 954. The van der Waals surface area contributed by atoms with Gasteiger partial charge < -0.3 is 14.6 Å². The summed E-state index contributed by atoms with van der Waals surface area (Å²) in [5, 5.41) is 11.2. The Kier molecular flexibility index (Phi) is 5.82. The molecule has 3 rings (SSSR count). The van der Waals surface area contributed by atoms with Crippen molar-refractivity contribution in [2.24, 2.45) is 0 Å². The smallest absolute Gasteiger partial charge is 0.274 e. The second kappa shape index (κ2) is 8.29. The number of ether oxygens (including phenoxy) is 1. The minimum absolute atomic E-state index is 0.209. The zero-order chi connectivity index (χ0) is 20.3. The molecule has 1 aromatic carbocycles. The zero-order valence-electron chi connectivity index (χ0n) is 16.9. The van der Waals surface area contributed by atoms with Crippen molar-refractivity contribution >= 4 is 5.91 Å². The Morgan fingerprint density at radius 1 is 1.25 bits per heavy atom. The standard InChI is InChI=1S/C21H26N4O3/c1-6-25-18(10-11-22-25)15(4)23-21(26)19-17(16(5)28-24-19)12-27-20-13(2)8-7-9-14(20)3/h7-11,15H,6,12H2,1-5H3,(H,23,26). The van der Waals surface area contributed by atoms with E-state index in [0.29, 0.717) is 11.3 Å². The number of carbonyl (C=O) groups excluding carboxylic acids is 1. The normalized spacial score (nSPS) is 12.0. The Labute approximate surface area is 164 Å². The average molecular weight is 382 g/mol. The molecule has 28 heavy (non-hydrogen) atoms. The topological polar surface area (TPSA) is 82.2 Å². The van der Waals surface area contributed by atoms with E-state index in [4.69, 9.17) is 9.26 Å². The lowest BCUT2D eigenvalue weighted by Crippen LogP contribution is -2.29. The molecular weight excluding hydrogens is 356 g/mol. The van der Waals surface area contributed by atoms with E-state index in [1.807, 2.05) is 56.6 Å². The molecule has 0 fully saturated rings. The molecule has 0 saturated carbocycles. The minimum atomic E-state index is -0.298. The maximum absolute atomic E-state index is 12.8. The molecule has 0 bridgehead atoms. The predicted molar refractivity (Wildman–Crippen MR) is 105 cm³/mol. The van der Waals surface area contributed by atoms with Crippen LogP contribution in [0.25, 0.3) is 0 Å². The van der Waals surface area contributed by atoms with Crippen LogP contribution in [0.1, 0.15) is 58.5 Å². The summed E-state index contributed by atoms with van der Waals surface area (Å²) in [6.07, 6.45) is 1.73. The van der Waals surface area contributed by atoms with Crippen molar-refractivity contribution in [1.82, 2.24) is 20.3 Å². The summed E-state index contributed by atoms with van der Waals surface area (Å²) >= 11 is 0. The van der Waals surface area contributed by atoms with Gasteiger partial charge in [0, 0.05) is 12.7 Å². The van der Waals surface area contributed by atoms with E-state index in [2.05, 4.69) is 15.6 Å². The summed E-state index contributed by atoms with van der Waals surface area (Å²) in [4.78, 5) is 12.8. The number of nitrogens with one attached hydrogen (secondary N) is 1. The van der Waals surface area contributed by atoms with Crippen LogP contribution in [0.3, 0.4) is 0 Å². The summed E-state index contributed by atoms with van der Waals surface area (Å²) in [5.41, 5.74) is 3.92. The first-order valence-corrected chi connectivity index (χ1v) is 9.39. The summed E-state index contributed by atoms with van der Waals surface area (Å²) in [6, 6.07) is 7.67. The Hall–Kier alpha value is -3.09. The van der Waals surface area contributed by atoms with Crippen molar-refractivity contribution in [3.8, 4) is 5.75 Å². The zero-order valence-corrected chi connectivity index (χ0v) is 16.9. The van der Waals surface area contributed by atoms with Crippen LogP contribution in [0.15, 0.2) is 35.0 Å². The summed E-state index contributed by atoms with van der Waals surface area (Å²) in [5.74, 6) is 1.09. The third-order valence-electron chi connectivity index (χ3n) is 4.81. The maximum atomic E-state index is 12.8. The average Bonchev–Trinajstić information content (AvgIpc) is 3.28. The fraction of sp³-hybridized carbons (Fsp3) is 0.381. The predicted octanol–water partition coefficient (Wildman–Crippen LogP) is 3.89. The molecule has 7 nitrogen and oxygen atoms in total. The third kappa shape index (κ3) is 3.93. The van der Waals surface area contributed by atoms with Crippen molar-refractivity contribution in [3.63, 3.8) is 0 Å². The molecule has 0 saturated heterocycles. The Morgan fingerprint density at radius 3 is 2.64 bits per heavy atom. The van der Waals surface area contributed by atoms with Gasteiger partial charge in [-0.25, -0.2) is 0 Å². The van der Waals surface area contributed by atoms with Crippen LogP contribution in [-0.4, -0.2) is 20.8 Å². The quantitative estimate of drug-likeness (QED) is 0.670. The van der Waals surface area contributed by atoms with Crippen molar-refractivity contribution in [3.05, 3.63) is 64.3 Å². The molecule has 0 radical (unpaired) electrons. The lowest BCUT2D eigenvalue weighted by atomic mass is 10.1. The number of rotatable bonds is 7. The van der Waals surface area contributed by atoms with Gasteiger partial charge in [0.05, 0.1) is 17.3 Å². The second-order valence-electron chi connectivity index (χ2n) is 6.84. The monoisotopic (exact) mass is 382 g/mol. The number of amides is 1. The highest BCUT2D eigenvalue weighted by Crippen LogP contribution is 2.25. The molecule has 1 atom stereocenters. The molecule has 3 aromatic rings. The molecule has 1 amide bonds. The second-order valence-corrected chi connectivity index (χ2v) is 6.84. The number of aromatic nitrogens is 3. The van der Waals surface area contributed by atoms with Gasteiger partial charge in [-0.3, -0.25) is 9.48 Å². The van der Waals surface area contributed by atoms with Crippen LogP contribution in [0, 0.1) is 20.8 Å². The van der Waals surface area contributed by atoms with Crippen molar-refractivity contribution in [2.75, 3.05) is 0 Å². The molecule has 2 heterocycles. The van der Waals surface area contributed by atoms with E-state index in [-0.39, 0.29) is 24.2 Å². The molecule has 148 valence electrons. The number of benzene rings is 1. The van der Waals surface area contributed by atoms with Crippen molar-refractivity contribution in [1.29, 1.82) is 0 Å². The highest BCUT2D eigenvalue weighted by Gasteiger charge is 2.23. The van der Waals surface area contributed by atoms with E-state index >= 15 is 0 Å². The van der Waals surface area contributed by atoms with Crippen LogP contribution in [0.2, 0.25) is 0 Å². The molecule has 0 aliphatic rings. The van der Waals surface area contributed by atoms with Crippen molar-refractivity contribution < 1.29 is 14.1 Å². The lowest BCUT2D eigenvalue weighted by molar-refractivity contribution is 0.0927. The number of hydrogen-bond acceptors (Lipinski definition) is 5. The third-order valence-corrected chi connectivity index (χ3v) is 4.81. The summed E-state index contributed by atoms with van der Waals surface area (Å²) in [7, 11) is 0. The van der Waals surface area contributed by atoms with Gasteiger partial charge in [-0.2, -0.15) is 5.10 Å². The first kappa shape index (κ1) is 19.7. The fourth-order valence-corrected chi connectivity index (χ4v) is 3.22. The van der Waals surface area contributed by atoms with Crippen LogP contribution >= 0.6 is 0 Å². The van der Waals surface area contributed by atoms with Crippen molar-refractivity contribution in [2.45, 2.75) is 53.8 Å². The van der Waals surface area contributed by atoms with Gasteiger partial charge in [0.1, 0.15) is 18.1 Å². The SMILES string of the molecule is CCn1nccc1C(C)NC(=O)c1noc(C)c1COc1c(C)cccc1C. The lowest BCUT2D eigenvalue weighted by Gasteiger charge is -2.15. The molecule has 1 unspecified atom stereocenters. The number of hydrogen-bond donors (Lipinski definition) is 1. The van der Waals surface area contributed by atoms with Gasteiger partial charge in [-0.15, -0.1) is 0 Å². The Morgan fingerprint density at radius 2 is 1.96 bits per heavy atom. The van der Waals surface area contributed by atoms with E-state index in [1.54, 1.807) is 13.1 Å². The molecule has 0 aliphatic carbocycles. The fourth-order valence-electron chi connectivity index (χ4n) is 3.22. The number of aryl methyl sites for hydroxylation is 4. The van der Waals surface area contributed by atoms with E-state index in [1.165, 1.54) is 0 Å². The molecule has 2 aromatic heterocycles. The van der Waals surface area contributed by atoms with E-state index in [9.17, 15) is 4.79 Å². The van der Waals surface area contributed by atoms with Crippen LogP contribution < -0.4 is 10.1 Å². The van der Waals surface area contributed by atoms with Gasteiger partial charge in [0.2, 0.25) is 0 Å². The number of carbonyl (C=O) groups is 1. The summed E-state index contributed by atoms with van der Waals surface area (Å²) in [6.45, 7) is 10.6. The van der Waals surface area contributed by atoms with Gasteiger partial charge in [0.15, 0.2) is 5.69 Å². The van der Waals surface area contributed by atoms with Gasteiger partial charge >= 0.3 is 0 Å². The van der Waals surface area contributed by atoms with Gasteiger partial charge in [-0.05, 0) is 51.8 Å². The summed E-state index contributed by atoms with van der Waals surface area (Å²) < 4.78 is 13.1. The van der Waals surface area contributed by atoms with Gasteiger partial charge in [-0.1, -0.05) is 23.4 Å². The highest BCUT2D eigenvalue weighted by molar-refractivity contribution is 5.94. The largest absolute Gasteiger partial charge is 0.488 e. The molecule has 0 aliphatic heterocycles. The van der Waals surface area contributed by atoms with Crippen LogP contribution in [0.4, 0.5) is 0 Å². The minimum Gasteiger partial charge on any atom is -0.488 e. The molecular formula is C21H26N4O3. The molecule has 1 N–H and O–H groups in total. The maximum Gasteiger partial charge on any atom is 0.274 e. The Balaban J connectivity index is 1.76. The molecule has 7 heteroatoms. The number of nitrogens with zero attached hydrogens (tertiary/aromatic N) is 3. The van der Waals surface area contributed by atoms with Crippen LogP contribution in [-0.2, 0) is 13.2 Å². The first-order valence-electron chi connectivity index (χ1n) is 9.39. The first-order chi connectivity index (χ1) is 13.4. The van der Waals surface area contributed by atoms with E-state index in [0.717, 1.165) is 29.1 Å². The van der Waals surface area contributed by atoms with Crippen LogP contribution in [0.5, 0.6) is 5.75 Å². The molecule has 0 spiro atoms. The van der Waals surface area contributed by atoms with E-state index < -0.39 is 0 Å². The highest BCUT2D eigenvalue weighted by atomic mass is 16.5. The number of para-hydroxylation sites is 1.